The lowest BCUT2D eigenvalue weighted by Crippen LogP contribution is -2.26. The van der Waals surface area contributed by atoms with E-state index in [4.69, 9.17) is 4.74 Å². The van der Waals surface area contributed by atoms with Crippen LogP contribution in [0, 0.1) is 0 Å². The smallest absolute Gasteiger partial charge is 0.252 e. The topological polar surface area (TPSA) is 38.3 Å². The predicted molar refractivity (Wildman–Crippen MR) is 111 cm³/mol. The lowest BCUT2D eigenvalue weighted by atomic mass is 10.1. The van der Waals surface area contributed by atoms with Crippen LogP contribution in [0.3, 0.4) is 0 Å². The van der Waals surface area contributed by atoms with E-state index in [-0.39, 0.29) is 5.91 Å². The molecule has 2 aromatic carbocycles. The summed E-state index contributed by atoms with van der Waals surface area (Å²) in [7, 11) is 0. The van der Waals surface area contributed by atoms with Crippen molar-refractivity contribution >= 4 is 28.9 Å². The molecular formula is C23H21NO2S. The third-order valence-electron chi connectivity index (χ3n) is 4.36. The Bertz CT molecular complexity index is 928. The number of amides is 1. The van der Waals surface area contributed by atoms with Crippen LogP contribution < -0.4 is 10.1 Å². The van der Waals surface area contributed by atoms with Gasteiger partial charge in [0.25, 0.3) is 5.91 Å². The van der Waals surface area contributed by atoms with Crippen molar-refractivity contribution in [3.8, 4) is 5.75 Å². The van der Waals surface area contributed by atoms with Crippen molar-refractivity contribution in [3.05, 3.63) is 88.1 Å². The molecule has 27 heavy (non-hydrogen) atoms. The summed E-state index contributed by atoms with van der Waals surface area (Å²) in [5.41, 5.74) is 2.79. The van der Waals surface area contributed by atoms with Crippen LogP contribution in [0.4, 0.5) is 0 Å². The van der Waals surface area contributed by atoms with Crippen LogP contribution in [0.15, 0.2) is 72.1 Å². The van der Waals surface area contributed by atoms with E-state index in [1.165, 1.54) is 0 Å². The SMILES string of the molecule is O=C(NC1CC1)C(=Cc1cccc(OCc2ccccc2)c1)c1cccs1. The van der Waals surface area contributed by atoms with Gasteiger partial charge in [0.15, 0.2) is 0 Å². The lowest BCUT2D eigenvalue weighted by Gasteiger charge is -2.09. The molecule has 0 radical (unpaired) electrons. The maximum absolute atomic E-state index is 12.7. The minimum atomic E-state index is -0.00411. The molecule has 0 spiro atoms. The Morgan fingerprint density at radius 3 is 2.67 bits per heavy atom. The Morgan fingerprint density at radius 1 is 1.07 bits per heavy atom. The minimum Gasteiger partial charge on any atom is -0.489 e. The molecule has 3 aromatic rings. The Balaban J connectivity index is 1.54. The van der Waals surface area contributed by atoms with Gasteiger partial charge < -0.3 is 10.1 Å². The molecule has 3 nitrogen and oxygen atoms in total. The second-order valence-electron chi connectivity index (χ2n) is 6.63. The van der Waals surface area contributed by atoms with Gasteiger partial charge in [-0.2, -0.15) is 0 Å². The number of hydrogen-bond acceptors (Lipinski definition) is 3. The molecule has 4 heteroatoms. The fourth-order valence-corrected chi connectivity index (χ4v) is 3.51. The highest BCUT2D eigenvalue weighted by Crippen LogP contribution is 2.27. The Labute approximate surface area is 163 Å². The van der Waals surface area contributed by atoms with Gasteiger partial charge in [-0.05, 0) is 53.6 Å². The summed E-state index contributed by atoms with van der Waals surface area (Å²) in [4.78, 5) is 13.7. The average molecular weight is 375 g/mol. The van der Waals surface area contributed by atoms with Crippen molar-refractivity contribution in [2.45, 2.75) is 25.5 Å². The van der Waals surface area contributed by atoms with Crippen molar-refractivity contribution < 1.29 is 9.53 Å². The van der Waals surface area contributed by atoms with Gasteiger partial charge in [0, 0.05) is 10.9 Å². The molecule has 1 aliphatic rings. The van der Waals surface area contributed by atoms with Gasteiger partial charge in [0.05, 0.1) is 5.57 Å². The molecule has 0 aliphatic heterocycles. The van der Waals surface area contributed by atoms with E-state index in [0.29, 0.717) is 18.2 Å². The fraction of sp³-hybridized carbons (Fsp3) is 0.174. The molecule has 0 saturated heterocycles. The van der Waals surface area contributed by atoms with E-state index in [2.05, 4.69) is 5.32 Å². The van der Waals surface area contributed by atoms with E-state index >= 15 is 0 Å². The molecule has 0 bridgehead atoms. The first-order valence-electron chi connectivity index (χ1n) is 9.11. The summed E-state index contributed by atoms with van der Waals surface area (Å²) in [5.74, 6) is 0.788. The first-order valence-corrected chi connectivity index (χ1v) is 9.99. The minimum absolute atomic E-state index is 0.00411. The first-order chi connectivity index (χ1) is 13.3. The fourth-order valence-electron chi connectivity index (χ4n) is 2.77. The van der Waals surface area contributed by atoms with Gasteiger partial charge in [-0.3, -0.25) is 4.79 Å². The standard InChI is InChI=1S/C23H21NO2S/c25-23(24-19-11-12-19)21(22-10-5-13-27-22)15-18-8-4-9-20(14-18)26-16-17-6-2-1-3-7-17/h1-10,13-15,19H,11-12,16H2,(H,24,25). The zero-order chi connectivity index (χ0) is 18.5. The summed E-state index contributed by atoms with van der Waals surface area (Å²) in [6, 6.07) is 22.2. The third kappa shape index (κ3) is 4.86. The van der Waals surface area contributed by atoms with Crippen molar-refractivity contribution in [1.29, 1.82) is 0 Å². The number of thiophene rings is 1. The summed E-state index contributed by atoms with van der Waals surface area (Å²) in [5, 5.41) is 5.08. The number of carbonyl (C=O) groups is 1. The molecule has 1 saturated carbocycles. The van der Waals surface area contributed by atoms with E-state index in [1.807, 2.05) is 78.2 Å². The van der Waals surface area contributed by atoms with E-state index < -0.39 is 0 Å². The van der Waals surface area contributed by atoms with E-state index in [9.17, 15) is 4.79 Å². The van der Waals surface area contributed by atoms with Gasteiger partial charge >= 0.3 is 0 Å². The summed E-state index contributed by atoms with van der Waals surface area (Å²) < 4.78 is 5.91. The van der Waals surface area contributed by atoms with E-state index in [0.717, 1.165) is 34.6 Å². The van der Waals surface area contributed by atoms with E-state index in [1.54, 1.807) is 11.3 Å². The molecule has 0 unspecified atom stereocenters. The van der Waals surface area contributed by atoms with Gasteiger partial charge in [-0.25, -0.2) is 0 Å². The maximum atomic E-state index is 12.7. The van der Waals surface area contributed by atoms with Crippen molar-refractivity contribution in [2.75, 3.05) is 0 Å². The average Bonchev–Trinajstić information content (AvgIpc) is 3.35. The normalized spacial score (nSPS) is 14.0. The quantitative estimate of drug-likeness (QED) is 0.580. The monoisotopic (exact) mass is 375 g/mol. The highest BCUT2D eigenvalue weighted by molar-refractivity contribution is 7.11. The summed E-state index contributed by atoms with van der Waals surface area (Å²) >= 11 is 1.58. The van der Waals surface area contributed by atoms with Crippen LogP contribution in [0.1, 0.15) is 28.8 Å². The van der Waals surface area contributed by atoms with Crippen LogP contribution in [0.25, 0.3) is 11.6 Å². The molecule has 1 heterocycles. The molecule has 4 rings (SSSR count). The molecule has 0 atom stereocenters. The van der Waals surface area contributed by atoms with Gasteiger partial charge in [-0.1, -0.05) is 48.5 Å². The number of hydrogen-bond donors (Lipinski definition) is 1. The number of nitrogens with one attached hydrogen (secondary N) is 1. The largest absolute Gasteiger partial charge is 0.489 e. The molecule has 1 amide bonds. The first kappa shape index (κ1) is 17.6. The Kier molecular flexibility index (Phi) is 5.35. The summed E-state index contributed by atoms with van der Waals surface area (Å²) in [6.07, 6.45) is 4.09. The number of ether oxygens (including phenoxy) is 1. The Morgan fingerprint density at radius 2 is 1.93 bits per heavy atom. The lowest BCUT2D eigenvalue weighted by molar-refractivity contribution is -0.115. The van der Waals surface area contributed by atoms with Crippen LogP contribution in [0.2, 0.25) is 0 Å². The van der Waals surface area contributed by atoms with Crippen LogP contribution in [-0.4, -0.2) is 11.9 Å². The van der Waals surface area contributed by atoms with Crippen molar-refractivity contribution in [3.63, 3.8) is 0 Å². The Hall–Kier alpha value is -2.85. The van der Waals surface area contributed by atoms with Crippen molar-refractivity contribution in [1.82, 2.24) is 5.32 Å². The molecular weight excluding hydrogens is 354 g/mol. The molecule has 1 N–H and O–H groups in total. The number of benzene rings is 2. The molecule has 136 valence electrons. The second-order valence-corrected chi connectivity index (χ2v) is 7.58. The highest BCUT2D eigenvalue weighted by atomic mass is 32.1. The molecule has 1 aliphatic carbocycles. The molecule has 1 aromatic heterocycles. The van der Waals surface area contributed by atoms with Crippen LogP contribution in [0.5, 0.6) is 5.75 Å². The van der Waals surface area contributed by atoms with Crippen LogP contribution in [-0.2, 0) is 11.4 Å². The zero-order valence-corrected chi connectivity index (χ0v) is 15.7. The zero-order valence-electron chi connectivity index (χ0n) is 14.9. The number of rotatable bonds is 7. The molecule has 1 fully saturated rings. The van der Waals surface area contributed by atoms with Crippen molar-refractivity contribution in [2.24, 2.45) is 0 Å². The second kappa shape index (κ2) is 8.23. The van der Waals surface area contributed by atoms with Crippen LogP contribution >= 0.6 is 11.3 Å². The van der Waals surface area contributed by atoms with Gasteiger partial charge in [-0.15, -0.1) is 11.3 Å². The predicted octanol–water partition coefficient (Wildman–Crippen LogP) is 5.15. The third-order valence-corrected chi connectivity index (χ3v) is 5.26. The number of carbonyl (C=O) groups excluding carboxylic acids is 1. The van der Waals surface area contributed by atoms with Gasteiger partial charge in [0.1, 0.15) is 12.4 Å². The van der Waals surface area contributed by atoms with Gasteiger partial charge in [0.2, 0.25) is 0 Å². The highest BCUT2D eigenvalue weighted by Gasteiger charge is 2.25. The summed E-state index contributed by atoms with van der Waals surface area (Å²) in [6.45, 7) is 0.522. The maximum Gasteiger partial charge on any atom is 0.252 e.